The molecule has 0 unspecified atom stereocenters. The van der Waals surface area contributed by atoms with Gasteiger partial charge < -0.3 is 0 Å². The van der Waals surface area contributed by atoms with E-state index in [2.05, 4.69) is 56.8 Å². The Morgan fingerprint density at radius 1 is 0.679 bits per heavy atom. The SMILES string of the molecule is c1ccc2c(c1)ccn2Nc1ncnc2c1ncn2-n1ccc2ccccc21. The molecule has 28 heavy (non-hydrogen) atoms. The number of benzene rings is 2. The van der Waals surface area contributed by atoms with Crippen LogP contribution < -0.4 is 5.43 Å². The summed E-state index contributed by atoms with van der Waals surface area (Å²) in [5.41, 5.74) is 6.95. The van der Waals surface area contributed by atoms with E-state index < -0.39 is 0 Å². The number of nitrogens with zero attached hydrogens (tertiary/aromatic N) is 6. The van der Waals surface area contributed by atoms with Crippen molar-refractivity contribution in [1.29, 1.82) is 0 Å². The zero-order valence-corrected chi connectivity index (χ0v) is 14.8. The molecule has 0 atom stereocenters. The highest BCUT2D eigenvalue weighted by atomic mass is 15.5. The Hall–Kier alpha value is -4.13. The summed E-state index contributed by atoms with van der Waals surface area (Å²) >= 11 is 0. The second-order valence-corrected chi connectivity index (χ2v) is 6.56. The van der Waals surface area contributed by atoms with Crippen LogP contribution in [0, 0.1) is 0 Å². The topological polar surface area (TPSA) is 65.5 Å². The molecule has 6 rings (SSSR count). The third kappa shape index (κ3) is 2.13. The van der Waals surface area contributed by atoms with E-state index in [1.54, 1.807) is 12.7 Å². The molecule has 1 N–H and O–H groups in total. The van der Waals surface area contributed by atoms with E-state index in [9.17, 15) is 0 Å². The molecule has 6 aromatic rings. The summed E-state index contributed by atoms with van der Waals surface area (Å²) < 4.78 is 5.91. The van der Waals surface area contributed by atoms with Crippen molar-refractivity contribution in [2.75, 3.05) is 5.43 Å². The van der Waals surface area contributed by atoms with Crippen LogP contribution in [0.15, 0.2) is 85.7 Å². The van der Waals surface area contributed by atoms with Crippen molar-refractivity contribution in [1.82, 2.24) is 29.0 Å². The zero-order chi connectivity index (χ0) is 18.5. The van der Waals surface area contributed by atoms with Gasteiger partial charge in [0.2, 0.25) is 0 Å². The maximum atomic E-state index is 4.58. The van der Waals surface area contributed by atoms with Crippen LogP contribution in [0.2, 0.25) is 0 Å². The lowest BCUT2D eigenvalue weighted by atomic mass is 10.3. The van der Waals surface area contributed by atoms with Crippen LogP contribution in [-0.2, 0) is 0 Å². The van der Waals surface area contributed by atoms with Gasteiger partial charge >= 0.3 is 0 Å². The Bertz CT molecular complexity index is 1450. The third-order valence-corrected chi connectivity index (χ3v) is 4.95. The van der Waals surface area contributed by atoms with E-state index in [0.29, 0.717) is 11.3 Å². The van der Waals surface area contributed by atoms with Gasteiger partial charge in [-0.05, 0) is 24.3 Å². The summed E-state index contributed by atoms with van der Waals surface area (Å²) in [7, 11) is 0. The first-order chi connectivity index (χ1) is 13.9. The highest BCUT2D eigenvalue weighted by Gasteiger charge is 2.13. The summed E-state index contributed by atoms with van der Waals surface area (Å²) in [6.45, 7) is 0. The molecular formula is C21H15N7. The van der Waals surface area contributed by atoms with E-state index in [-0.39, 0.29) is 0 Å². The summed E-state index contributed by atoms with van der Waals surface area (Å²) in [6.07, 6.45) is 7.32. The molecule has 4 aromatic heterocycles. The summed E-state index contributed by atoms with van der Waals surface area (Å²) in [5.74, 6) is 0.654. The van der Waals surface area contributed by atoms with Crippen LogP contribution in [-0.4, -0.2) is 29.0 Å². The minimum absolute atomic E-state index is 0.654. The predicted octanol–water partition coefficient (Wildman–Crippen LogP) is 3.92. The maximum absolute atomic E-state index is 4.58. The van der Waals surface area contributed by atoms with E-state index in [4.69, 9.17) is 0 Å². The zero-order valence-electron chi connectivity index (χ0n) is 14.8. The van der Waals surface area contributed by atoms with Gasteiger partial charge in [0.05, 0.1) is 11.0 Å². The molecule has 134 valence electrons. The molecule has 2 aromatic carbocycles. The number of fused-ring (bicyclic) bond motifs is 3. The predicted molar refractivity (Wildman–Crippen MR) is 109 cm³/mol. The van der Waals surface area contributed by atoms with Gasteiger partial charge in [-0.1, -0.05) is 36.4 Å². The quantitative estimate of drug-likeness (QED) is 0.516. The molecule has 0 aliphatic heterocycles. The smallest absolute Gasteiger partial charge is 0.185 e. The van der Waals surface area contributed by atoms with Gasteiger partial charge in [-0.2, -0.15) is 0 Å². The van der Waals surface area contributed by atoms with Crippen LogP contribution in [0.25, 0.3) is 33.0 Å². The second kappa shape index (κ2) is 5.68. The molecule has 0 saturated carbocycles. The molecule has 7 heteroatoms. The fourth-order valence-corrected chi connectivity index (χ4v) is 3.61. The number of anilines is 1. The Labute approximate surface area is 159 Å². The summed E-state index contributed by atoms with van der Waals surface area (Å²) in [6, 6.07) is 20.5. The van der Waals surface area contributed by atoms with Gasteiger partial charge in [-0.3, -0.25) is 14.8 Å². The minimum atomic E-state index is 0.654. The fourth-order valence-electron chi connectivity index (χ4n) is 3.61. The Balaban J connectivity index is 1.49. The van der Waals surface area contributed by atoms with Crippen molar-refractivity contribution in [3.8, 4) is 0 Å². The van der Waals surface area contributed by atoms with Crippen molar-refractivity contribution in [3.63, 3.8) is 0 Å². The lowest BCUT2D eigenvalue weighted by Gasteiger charge is -2.10. The Morgan fingerprint density at radius 3 is 2.32 bits per heavy atom. The molecule has 0 spiro atoms. The largest absolute Gasteiger partial charge is 0.276 e. The summed E-state index contributed by atoms with van der Waals surface area (Å²) in [5, 5.41) is 2.32. The third-order valence-electron chi connectivity index (χ3n) is 4.95. The Morgan fingerprint density at radius 2 is 1.43 bits per heavy atom. The van der Waals surface area contributed by atoms with Gasteiger partial charge in [0.15, 0.2) is 17.0 Å². The Kier molecular flexibility index (Phi) is 3.04. The number of para-hydroxylation sites is 2. The van der Waals surface area contributed by atoms with Crippen molar-refractivity contribution < 1.29 is 0 Å². The number of aromatic nitrogens is 6. The van der Waals surface area contributed by atoms with E-state index in [0.717, 1.165) is 27.5 Å². The molecule has 0 aliphatic rings. The molecule has 0 saturated heterocycles. The minimum Gasteiger partial charge on any atom is -0.276 e. The van der Waals surface area contributed by atoms with Crippen LogP contribution in [0.3, 0.4) is 0 Å². The molecule has 0 amide bonds. The fraction of sp³-hybridized carbons (Fsp3) is 0. The number of hydrogen-bond donors (Lipinski definition) is 1. The molecule has 0 fully saturated rings. The normalized spacial score (nSPS) is 11.6. The number of imidazole rings is 1. The lowest BCUT2D eigenvalue weighted by molar-refractivity contribution is 0.702. The standard InChI is InChI=1S/C21H15N7/c1-3-7-17-15(5-1)9-11-26(17)25-20-19-21(23-13-22-20)28(14-24-19)27-12-10-16-6-2-4-8-18(16)27/h1-14H,(H,22,23,25). The lowest BCUT2D eigenvalue weighted by Crippen LogP contribution is -2.10. The molecule has 7 nitrogen and oxygen atoms in total. The van der Waals surface area contributed by atoms with Gasteiger partial charge in [-0.25, -0.2) is 19.6 Å². The van der Waals surface area contributed by atoms with Gasteiger partial charge in [-0.15, -0.1) is 0 Å². The van der Waals surface area contributed by atoms with Crippen LogP contribution in [0.5, 0.6) is 0 Å². The van der Waals surface area contributed by atoms with Crippen LogP contribution in [0.4, 0.5) is 5.82 Å². The molecule has 0 bridgehead atoms. The molecule has 0 radical (unpaired) electrons. The average molecular weight is 365 g/mol. The molecule has 4 heterocycles. The van der Waals surface area contributed by atoms with Crippen LogP contribution in [0.1, 0.15) is 0 Å². The second-order valence-electron chi connectivity index (χ2n) is 6.56. The highest BCUT2D eigenvalue weighted by Crippen LogP contribution is 2.22. The first kappa shape index (κ1) is 15.0. The van der Waals surface area contributed by atoms with Crippen molar-refractivity contribution in [3.05, 3.63) is 85.7 Å². The summed E-state index contributed by atoms with van der Waals surface area (Å²) in [4.78, 5) is 13.5. The maximum Gasteiger partial charge on any atom is 0.185 e. The first-order valence-corrected chi connectivity index (χ1v) is 8.96. The van der Waals surface area contributed by atoms with Gasteiger partial charge in [0.1, 0.15) is 12.7 Å². The van der Waals surface area contributed by atoms with Gasteiger partial charge in [0.25, 0.3) is 0 Å². The van der Waals surface area contributed by atoms with Crippen molar-refractivity contribution >= 4 is 38.8 Å². The average Bonchev–Trinajstić information content (AvgIpc) is 3.45. The van der Waals surface area contributed by atoms with E-state index >= 15 is 0 Å². The number of rotatable bonds is 3. The first-order valence-electron chi connectivity index (χ1n) is 8.96. The number of nitrogens with one attached hydrogen (secondary N) is 1. The monoisotopic (exact) mass is 365 g/mol. The van der Waals surface area contributed by atoms with E-state index in [1.807, 2.05) is 50.7 Å². The van der Waals surface area contributed by atoms with E-state index in [1.165, 1.54) is 0 Å². The highest BCUT2D eigenvalue weighted by molar-refractivity contribution is 5.86. The van der Waals surface area contributed by atoms with Crippen molar-refractivity contribution in [2.45, 2.75) is 0 Å². The number of hydrogen-bond acceptors (Lipinski definition) is 4. The molecular weight excluding hydrogens is 350 g/mol. The van der Waals surface area contributed by atoms with Crippen LogP contribution >= 0.6 is 0 Å². The van der Waals surface area contributed by atoms with Gasteiger partial charge in [0, 0.05) is 23.2 Å². The van der Waals surface area contributed by atoms with Crippen molar-refractivity contribution in [2.24, 2.45) is 0 Å². The molecule has 0 aliphatic carbocycles.